The van der Waals surface area contributed by atoms with Gasteiger partial charge in [0, 0.05) is 24.0 Å². The number of aromatic nitrogens is 2. The molecular weight excluding hydrogens is 226 g/mol. The standard InChI is InChI=1S/C14H23N3O/c1-3-11-5-4-6-13(7-11)18-14-16-9-12(8-15)10(2)17-14/h9,11,13H,3-8,15H2,1-2H3. The van der Waals surface area contributed by atoms with Gasteiger partial charge in [-0.25, -0.2) is 9.97 Å². The summed E-state index contributed by atoms with van der Waals surface area (Å²) in [5.74, 6) is 0.799. The van der Waals surface area contributed by atoms with Crippen LogP contribution in [-0.4, -0.2) is 16.1 Å². The minimum absolute atomic E-state index is 0.284. The fourth-order valence-electron chi connectivity index (χ4n) is 2.60. The smallest absolute Gasteiger partial charge is 0.316 e. The van der Waals surface area contributed by atoms with Crippen molar-refractivity contribution in [2.75, 3.05) is 0 Å². The summed E-state index contributed by atoms with van der Waals surface area (Å²) < 4.78 is 5.90. The molecule has 0 aliphatic heterocycles. The van der Waals surface area contributed by atoms with E-state index in [0.29, 0.717) is 12.6 Å². The third-order valence-electron chi connectivity index (χ3n) is 3.86. The van der Waals surface area contributed by atoms with Crippen LogP contribution in [0.25, 0.3) is 0 Å². The summed E-state index contributed by atoms with van der Waals surface area (Å²) >= 11 is 0. The molecule has 0 amide bonds. The lowest BCUT2D eigenvalue weighted by atomic mass is 9.85. The van der Waals surface area contributed by atoms with Crippen molar-refractivity contribution in [3.8, 4) is 6.01 Å². The average molecular weight is 249 g/mol. The summed E-state index contributed by atoms with van der Waals surface area (Å²) in [4.78, 5) is 8.62. The number of nitrogens with two attached hydrogens (primary N) is 1. The summed E-state index contributed by atoms with van der Waals surface area (Å²) in [5.41, 5.74) is 7.51. The van der Waals surface area contributed by atoms with E-state index in [4.69, 9.17) is 10.5 Å². The van der Waals surface area contributed by atoms with Gasteiger partial charge in [-0.1, -0.05) is 19.8 Å². The molecule has 1 aromatic rings. The zero-order valence-corrected chi connectivity index (χ0v) is 11.4. The van der Waals surface area contributed by atoms with Crippen LogP contribution in [0, 0.1) is 12.8 Å². The van der Waals surface area contributed by atoms with Crippen molar-refractivity contribution < 1.29 is 4.74 Å². The van der Waals surface area contributed by atoms with Crippen LogP contribution in [-0.2, 0) is 6.54 Å². The van der Waals surface area contributed by atoms with Gasteiger partial charge < -0.3 is 10.5 Å². The van der Waals surface area contributed by atoms with E-state index in [1.54, 1.807) is 6.20 Å². The average Bonchev–Trinajstić information content (AvgIpc) is 2.39. The molecule has 2 N–H and O–H groups in total. The van der Waals surface area contributed by atoms with E-state index >= 15 is 0 Å². The number of nitrogens with zero attached hydrogens (tertiary/aromatic N) is 2. The first-order valence-electron chi connectivity index (χ1n) is 6.92. The van der Waals surface area contributed by atoms with Crippen LogP contribution < -0.4 is 10.5 Å². The van der Waals surface area contributed by atoms with E-state index in [9.17, 15) is 0 Å². The van der Waals surface area contributed by atoms with Gasteiger partial charge in [-0.15, -0.1) is 0 Å². The number of ether oxygens (including phenoxy) is 1. The summed E-state index contributed by atoms with van der Waals surface area (Å²) in [6, 6.07) is 0.506. The molecule has 2 rings (SSSR count). The van der Waals surface area contributed by atoms with Gasteiger partial charge >= 0.3 is 6.01 Å². The number of rotatable bonds is 4. The fourth-order valence-corrected chi connectivity index (χ4v) is 2.60. The van der Waals surface area contributed by atoms with Crippen LogP contribution in [0.1, 0.15) is 50.3 Å². The van der Waals surface area contributed by atoms with Crippen LogP contribution in [0.2, 0.25) is 0 Å². The van der Waals surface area contributed by atoms with Gasteiger partial charge in [-0.3, -0.25) is 0 Å². The predicted octanol–water partition coefficient (Wildman–Crippen LogP) is 2.59. The molecule has 2 atom stereocenters. The lowest BCUT2D eigenvalue weighted by molar-refractivity contribution is 0.111. The Morgan fingerprint density at radius 3 is 2.94 bits per heavy atom. The fraction of sp³-hybridized carbons (Fsp3) is 0.714. The van der Waals surface area contributed by atoms with E-state index in [2.05, 4.69) is 16.9 Å². The second-order valence-corrected chi connectivity index (χ2v) is 5.15. The van der Waals surface area contributed by atoms with Gasteiger partial charge in [0.2, 0.25) is 0 Å². The third-order valence-corrected chi connectivity index (χ3v) is 3.86. The lowest BCUT2D eigenvalue weighted by Crippen LogP contribution is -2.26. The van der Waals surface area contributed by atoms with E-state index in [-0.39, 0.29) is 6.10 Å². The molecule has 4 nitrogen and oxygen atoms in total. The summed E-state index contributed by atoms with van der Waals surface area (Å²) in [6.07, 6.45) is 8.15. The van der Waals surface area contributed by atoms with Gasteiger partial charge in [0.15, 0.2) is 0 Å². The Kier molecular flexibility index (Phi) is 4.53. The normalized spacial score (nSPS) is 23.9. The second-order valence-electron chi connectivity index (χ2n) is 5.15. The molecule has 2 unspecified atom stereocenters. The number of aryl methyl sites for hydroxylation is 1. The summed E-state index contributed by atoms with van der Waals surface area (Å²) in [7, 11) is 0. The highest BCUT2D eigenvalue weighted by Gasteiger charge is 2.22. The van der Waals surface area contributed by atoms with E-state index in [1.807, 2.05) is 6.92 Å². The zero-order chi connectivity index (χ0) is 13.0. The molecule has 18 heavy (non-hydrogen) atoms. The Balaban J connectivity index is 1.98. The molecule has 4 heteroatoms. The van der Waals surface area contributed by atoms with Crippen molar-refractivity contribution in [2.45, 2.75) is 58.6 Å². The maximum Gasteiger partial charge on any atom is 0.316 e. The Labute approximate surface area is 109 Å². The van der Waals surface area contributed by atoms with Gasteiger partial charge in [0.25, 0.3) is 0 Å². The molecule has 1 aliphatic rings. The first-order valence-corrected chi connectivity index (χ1v) is 6.92. The van der Waals surface area contributed by atoms with Gasteiger partial charge in [0.05, 0.1) is 0 Å². The number of hydrogen-bond acceptors (Lipinski definition) is 4. The van der Waals surface area contributed by atoms with Crippen molar-refractivity contribution >= 4 is 0 Å². The molecular formula is C14H23N3O. The zero-order valence-electron chi connectivity index (χ0n) is 11.4. The van der Waals surface area contributed by atoms with Crippen LogP contribution in [0.5, 0.6) is 6.01 Å². The molecule has 1 fully saturated rings. The first kappa shape index (κ1) is 13.3. The largest absolute Gasteiger partial charge is 0.460 e. The van der Waals surface area contributed by atoms with E-state index in [0.717, 1.165) is 30.0 Å². The highest BCUT2D eigenvalue weighted by atomic mass is 16.5. The van der Waals surface area contributed by atoms with E-state index < -0.39 is 0 Å². The molecule has 1 heterocycles. The Morgan fingerprint density at radius 1 is 1.44 bits per heavy atom. The van der Waals surface area contributed by atoms with Crippen molar-refractivity contribution in [1.29, 1.82) is 0 Å². The van der Waals surface area contributed by atoms with Gasteiger partial charge in [0.1, 0.15) is 6.10 Å². The van der Waals surface area contributed by atoms with Crippen LogP contribution in [0.15, 0.2) is 6.20 Å². The molecule has 0 saturated heterocycles. The summed E-state index contributed by atoms with van der Waals surface area (Å²) in [6.45, 7) is 4.68. The third kappa shape index (κ3) is 3.19. The van der Waals surface area contributed by atoms with Gasteiger partial charge in [-0.05, 0) is 32.1 Å². The van der Waals surface area contributed by atoms with E-state index in [1.165, 1.54) is 19.3 Å². The molecule has 100 valence electrons. The quantitative estimate of drug-likeness (QED) is 0.891. The maximum atomic E-state index is 5.90. The SMILES string of the molecule is CCC1CCCC(Oc2ncc(CN)c(C)n2)C1. The predicted molar refractivity (Wildman–Crippen MR) is 71.3 cm³/mol. The summed E-state index contributed by atoms with van der Waals surface area (Å²) in [5, 5.41) is 0. The molecule has 1 saturated carbocycles. The minimum atomic E-state index is 0.284. The molecule has 1 aromatic heterocycles. The first-order chi connectivity index (χ1) is 8.72. The molecule has 0 aromatic carbocycles. The van der Waals surface area contributed by atoms with Crippen LogP contribution in [0.4, 0.5) is 0 Å². The monoisotopic (exact) mass is 249 g/mol. The van der Waals surface area contributed by atoms with Gasteiger partial charge in [-0.2, -0.15) is 0 Å². The van der Waals surface area contributed by atoms with Crippen LogP contribution in [0.3, 0.4) is 0 Å². The second kappa shape index (κ2) is 6.14. The Bertz CT molecular complexity index is 395. The van der Waals surface area contributed by atoms with Crippen LogP contribution >= 0.6 is 0 Å². The highest BCUT2D eigenvalue weighted by molar-refractivity contribution is 5.17. The minimum Gasteiger partial charge on any atom is -0.460 e. The van der Waals surface area contributed by atoms with Crippen molar-refractivity contribution in [1.82, 2.24) is 9.97 Å². The van der Waals surface area contributed by atoms with Crippen molar-refractivity contribution in [3.05, 3.63) is 17.5 Å². The molecule has 1 aliphatic carbocycles. The van der Waals surface area contributed by atoms with Crippen molar-refractivity contribution in [2.24, 2.45) is 11.7 Å². The highest BCUT2D eigenvalue weighted by Crippen LogP contribution is 2.28. The molecule has 0 radical (unpaired) electrons. The molecule has 0 bridgehead atoms. The van der Waals surface area contributed by atoms with Crippen molar-refractivity contribution in [3.63, 3.8) is 0 Å². The lowest BCUT2D eigenvalue weighted by Gasteiger charge is -2.28. The Morgan fingerprint density at radius 2 is 2.28 bits per heavy atom. The molecule has 0 spiro atoms. The topological polar surface area (TPSA) is 61.0 Å². The maximum absolute atomic E-state index is 5.90. The Hall–Kier alpha value is -1.16. The number of hydrogen-bond donors (Lipinski definition) is 1.